The zero-order chi connectivity index (χ0) is 13.4. The maximum atomic E-state index is 5.99. The third-order valence-corrected chi connectivity index (χ3v) is 9.62. The minimum Gasteiger partial charge on any atom is -0.0843 e. The minimum absolute atomic E-state index is 0.482. The second-order valence-electron chi connectivity index (χ2n) is 7.21. The summed E-state index contributed by atoms with van der Waals surface area (Å²) in [5.41, 5.74) is 0.482. The molecule has 0 amide bonds. The van der Waals surface area contributed by atoms with Crippen molar-refractivity contribution in [3.63, 3.8) is 0 Å². The Morgan fingerprint density at radius 2 is 1.56 bits per heavy atom. The zero-order valence-electron chi connectivity index (χ0n) is 12.1. The van der Waals surface area contributed by atoms with Crippen LogP contribution in [0.1, 0.15) is 33.6 Å². The molecule has 0 aliphatic carbocycles. The molecule has 1 aliphatic rings. The topological polar surface area (TPSA) is 0 Å². The second-order valence-corrected chi connectivity index (χ2v) is 12.3. The molecule has 0 aromatic heterocycles. The summed E-state index contributed by atoms with van der Waals surface area (Å²) >= 11 is 5.99. The van der Waals surface area contributed by atoms with E-state index in [9.17, 15) is 0 Å². The maximum absolute atomic E-state index is 5.99. The summed E-state index contributed by atoms with van der Waals surface area (Å²) in [7, 11) is -1.21. The Morgan fingerprint density at radius 1 is 1.06 bits per heavy atom. The van der Waals surface area contributed by atoms with Crippen LogP contribution in [0.2, 0.25) is 23.7 Å². The van der Waals surface area contributed by atoms with E-state index in [0.29, 0.717) is 5.41 Å². The molecule has 2 heteroatoms. The first-order chi connectivity index (χ1) is 8.31. The average Bonchev–Trinajstić information content (AvgIpc) is 2.29. The van der Waals surface area contributed by atoms with E-state index >= 15 is 0 Å². The largest absolute Gasteiger partial charge is 0.0843 e. The molecule has 1 saturated heterocycles. The Hall–Kier alpha value is -0.273. The monoisotopic (exact) mass is 280 g/mol. The number of rotatable bonds is 1. The molecule has 2 rings (SSSR count). The molecule has 0 atom stereocenters. The number of halogens is 1. The lowest BCUT2D eigenvalue weighted by atomic mass is 9.77. The van der Waals surface area contributed by atoms with Gasteiger partial charge in [0, 0.05) is 5.02 Å². The van der Waals surface area contributed by atoms with Crippen LogP contribution in [-0.4, -0.2) is 8.07 Å². The first-order valence-electron chi connectivity index (χ1n) is 7.07. The minimum atomic E-state index is -1.21. The van der Waals surface area contributed by atoms with E-state index in [1.807, 2.05) is 0 Å². The van der Waals surface area contributed by atoms with E-state index in [1.54, 1.807) is 5.19 Å². The van der Waals surface area contributed by atoms with E-state index in [0.717, 1.165) is 10.9 Å². The molecule has 0 N–H and O–H groups in total. The molecule has 1 aromatic rings. The number of hydrogen-bond acceptors (Lipinski definition) is 0. The first-order valence-corrected chi connectivity index (χ1v) is 10.4. The first kappa shape index (κ1) is 14.1. The summed E-state index contributed by atoms with van der Waals surface area (Å²) < 4.78 is 0. The Labute approximate surface area is 118 Å². The molecule has 0 unspecified atom stereocenters. The van der Waals surface area contributed by atoms with Crippen molar-refractivity contribution in [1.29, 1.82) is 0 Å². The zero-order valence-corrected chi connectivity index (χ0v) is 13.8. The highest BCUT2D eigenvalue weighted by atomic mass is 35.5. The number of benzene rings is 1. The van der Waals surface area contributed by atoms with Gasteiger partial charge >= 0.3 is 0 Å². The summed E-state index contributed by atoms with van der Waals surface area (Å²) in [5.74, 6) is 0.908. The van der Waals surface area contributed by atoms with Gasteiger partial charge < -0.3 is 0 Å². The van der Waals surface area contributed by atoms with Gasteiger partial charge in [0.05, 0.1) is 8.07 Å². The van der Waals surface area contributed by atoms with Crippen LogP contribution in [0.4, 0.5) is 0 Å². The van der Waals surface area contributed by atoms with Gasteiger partial charge in [-0.25, -0.2) is 0 Å². The van der Waals surface area contributed by atoms with E-state index in [1.165, 1.54) is 24.9 Å². The molecular formula is C16H25ClSi. The Morgan fingerprint density at radius 3 is 2.00 bits per heavy atom. The highest BCUT2D eigenvalue weighted by Crippen LogP contribution is 2.41. The molecular weight excluding hydrogens is 256 g/mol. The van der Waals surface area contributed by atoms with Crippen molar-refractivity contribution in [2.45, 2.75) is 52.2 Å². The lowest BCUT2D eigenvalue weighted by Gasteiger charge is -2.41. The van der Waals surface area contributed by atoms with Gasteiger partial charge in [-0.3, -0.25) is 0 Å². The van der Waals surface area contributed by atoms with Crippen LogP contribution < -0.4 is 5.19 Å². The molecule has 0 radical (unpaired) electrons. The van der Waals surface area contributed by atoms with E-state index < -0.39 is 8.07 Å². The van der Waals surface area contributed by atoms with Crippen LogP contribution in [0.25, 0.3) is 0 Å². The van der Waals surface area contributed by atoms with Gasteiger partial charge in [0.25, 0.3) is 0 Å². The van der Waals surface area contributed by atoms with Crippen molar-refractivity contribution in [2.75, 3.05) is 0 Å². The standard InChI is InChI=1S/C16H25ClSi/c1-16(2,3)13-9-11-18(4,12-10-13)15-7-5-14(17)6-8-15/h5-8,13H,9-12H2,1-4H3. The van der Waals surface area contributed by atoms with Gasteiger partial charge in [0.15, 0.2) is 0 Å². The molecule has 0 bridgehead atoms. The van der Waals surface area contributed by atoms with Crippen molar-refractivity contribution in [2.24, 2.45) is 11.3 Å². The van der Waals surface area contributed by atoms with Gasteiger partial charge in [-0.1, -0.05) is 81.2 Å². The van der Waals surface area contributed by atoms with Gasteiger partial charge in [0.2, 0.25) is 0 Å². The molecule has 1 fully saturated rings. The van der Waals surface area contributed by atoms with Crippen molar-refractivity contribution in [1.82, 2.24) is 0 Å². The number of hydrogen-bond donors (Lipinski definition) is 0. The van der Waals surface area contributed by atoms with Gasteiger partial charge in [0.1, 0.15) is 0 Å². The fourth-order valence-corrected chi connectivity index (χ4v) is 7.16. The maximum Gasteiger partial charge on any atom is 0.0837 e. The van der Waals surface area contributed by atoms with Gasteiger partial charge in [-0.15, -0.1) is 0 Å². The lowest BCUT2D eigenvalue weighted by Crippen LogP contribution is -2.48. The Bertz CT molecular complexity index is 394. The second kappa shape index (κ2) is 5.01. The van der Waals surface area contributed by atoms with Crippen LogP contribution >= 0.6 is 11.6 Å². The van der Waals surface area contributed by atoms with Crippen LogP contribution in [0.15, 0.2) is 24.3 Å². The summed E-state index contributed by atoms with van der Waals surface area (Å²) in [6.45, 7) is 9.73. The smallest absolute Gasteiger partial charge is 0.0837 e. The summed E-state index contributed by atoms with van der Waals surface area (Å²) in [6.07, 6.45) is 2.82. The predicted octanol–water partition coefficient (Wildman–Crippen LogP) is 5.08. The SMILES string of the molecule is CC(C)(C)C1CC[Si](C)(c2ccc(Cl)cc2)CC1. The average molecular weight is 281 g/mol. The van der Waals surface area contributed by atoms with Crippen molar-refractivity contribution < 1.29 is 0 Å². The Balaban J connectivity index is 2.10. The van der Waals surface area contributed by atoms with Crippen LogP contribution in [-0.2, 0) is 0 Å². The van der Waals surface area contributed by atoms with E-state index in [2.05, 4.69) is 51.6 Å². The van der Waals surface area contributed by atoms with Crippen molar-refractivity contribution >= 4 is 24.9 Å². The molecule has 100 valence electrons. The quantitative estimate of drug-likeness (QED) is 0.629. The summed E-state index contributed by atoms with van der Waals surface area (Å²) in [6, 6.07) is 11.5. The molecule has 1 heterocycles. The summed E-state index contributed by atoms with van der Waals surface area (Å²) in [4.78, 5) is 0. The molecule has 18 heavy (non-hydrogen) atoms. The van der Waals surface area contributed by atoms with Crippen LogP contribution in [0.5, 0.6) is 0 Å². The third kappa shape index (κ3) is 3.00. The van der Waals surface area contributed by atoms with Gasteiger partial charge in [-0.05, 0) is 23.5 Å². The predicted molar refractivity (Wildman–Crippen MR) is 84.5 cm³/mol. The molecule has 0 saturated carbocycles. The molecule has 0 spiro atoms. The lowest BCUT2D eigenvalue weighted by molar-refractivity contribution is 0.218. The summed E-state index contributed by atoms with van der Waals surface area (Å²) in [5, 5.41) is 2.46. The highest BCUT2D eigenvalue weighted by Gasteiger charge is 2.38. The highest BCUT2D eigenvalue weighted by molar-refractivity contribution is 6.91. The van der Waals surface area contributed by atoms with Crippen LogP contribution in [0, 0.1) is 11.3 Å². The van der Waals surface area contributed by atoms with Crippen molar-refractivity contribution in [3.05, 3.63) is 29.3 Å². The molecule has 1 aromatic carbocycles. The third-order valence-electron chi connectivity index (χ3n) is 4.86. The van der Waals surface area contributed by atoms with Gasteiger partial charge in [-0.2, -0.15) is 0 Å². The normalized spacial score (nSPS) is 29.3. The van der Waals surface area contributed by atoms with Crippen LogP contribution in [0.3, 0.4) is 0 Å². The fraction of sp³-hybridized carbons (Fsp3) is 0.625. The van der Waals surface area contributed by atoms with E-state index in [-0.39, 0.29) is 0 Å². The van der Waals surface area contributed by atoms with Crippen molar-refractivity contribution in [3.8, 4) is 0 Å². The molecule has 0 nitrogen and oxygen atoms in total. The fourth-order valence-electron chi connectivity index (χ4n) is 3.26. The van der Waals surface area contributed by atoms with E-state index in [4.69, 9.17) is 11.6 Å². The Kier molecular flexibility index (Phi) is 3.94. The molecule has 1 aliphatic heterocycles.